The van der Waals surface area contributed by atoms with Crippen LogP contribution in [0.3, 0.4) is 0 Å². The van der Waals surface area contributed by atoms with Gasteiger partial charge in [0.15, 0.2) is 0 Å². The van der Waals surface area contributed by atoms with Gasteiger partial charge < -0.3 is 5.32 Å². The second-order valence-corrected chi connectivity index (χ2v) is 9.72. The van der Waals surface area contributed by atoms with Gasteiger partial charge in [-0.15, -0.1) is 0 Å². The fourth-order valence-corrected chi connectivity index (χ4v) is 5.25. The Balaban J connectivity index is 1.58. The lowest BCUT2D eigenvalue weighted by atomic mass is 10.1. The molecule has 0 unspecified atom stereocenters. The molecule has 1 heterocycles. The van der Waals surface area contributed by atoms with Crippen molar-refractivity contribution >= 4 is 21.6 Å². The van der Waals surface area contributed by atoms with E-state index in [1.54, 1.807) is 6.07 Å². The Morgan fingerprint density at radius 2 is 1.52 bits per heavy atom. The van der Waals surface area contributed by atoms with E-state index in [2.05, 4.69) is 5.32 Å². The molecule has 0 radical (unpaired) electrons. The first-order valence-corrected chi connectivity index (χ1v) is 11.3. The van der Waals surface area contributed by atoms with Gasteiger partial charge in [-0.3, -0.25) is 9.69 Å². The zero-order valence-corrected chi connectivity index (χ0v) is 18.3. The van der Waals surface area contributed by atoms with E-state index in [0.717, 1.165) is 27.9 Å². The lowest BCUT2D eigenvalue weighted by Gasteiger charge is -2.33. The van der Waals surface area contributed by atoms with Gasteiger partial charge in [0.2, 0.25) is 15.9 Å². The normalized spacial score (nSPS) is 16.0. The summed E-state index contributed by atoms with van der Waals surface area (Å²) < 4.78 is 27.5. The number of hydrogen-bond donors (Lipinski definition) is 1. The maximum atomic E-state index is 13.0. The van der Waals surface area contributed by atoms with E-state index in [0.29, 0.717) is 31.1 Å². The van der Waals surface area contributed by atoms with Crippen LogP contribution in [0.5, 0.6) is 0 Å². The van der Waals surface area contributed by atoms with Crippen LogP contribution in [0.1, 0.15) is 22.3 Å². The Morgan fingerprint density at radius 3 is 2.17 bits per heavy atom. The number of piperazine rings is 1. The number of benzene rings is 2. The summed E-state index contributed by atoms with van der Waals surface area (Å²) in [5.74, 6) is -0.0793. The van der Waals surface area contributed by atoms with Crippen LogP contribution >= 0.6 is 0 Å². The highest BCUT2D eigenvalue weighted by Gasteiger charge is 2.30. The molecule has 6 nitrogen and oxygen atoms in total. The Bertz CT molecular complexity index is 1010. The first-order valence-electron chi connectivity index (χ1n) is 9.83. The Kier molecular flexibility index (Phi) is 6.41. The van der Waals surface area contributed by atoms with E-state index in [-0.39, 0.29) is 12.5 Å². The van der Waals surface area contributed by atoms with E-state index in [4.69, 9.17) is 0 Å². The standard InChI is InChI=1S/C22H29N3O3S/c1-16-6-8-21(19(4)13-16)29(27,28)25-11-9-24(10-12-25)15-22(26)23-20-14-17(2)5-7-18(20)3/h5-8,13-14H,9-12,15H2,1-4H3,(H,23,26). The minimum atomic E-state index is -3.51. The van der Waals surface area contributed by atoms with Crippen LogP contribution in [0.25, 0.3) is 0 Å². The number of rotatable bonds is 5. The van der Waals surface area contributed by atoms with Crippen LogP contribution in [0, 0.1) is 27.7 Å². The molecule has 29 heavy (non-hydrogen) atoms. The van der Waals surface area contributed by atoms with E-state index in [9.17, 15) is 13.2 Å². The summed E-state index contributed by atoms with van der Waals surface area (Å²) in [7, 11) is -3.51. The van der Waals surface area contributed by atoms with Crippen molar-refractivity contribution in [2.45, 2.75) is 32.6 Å². The number of amides is 1. The van der Waals surface area contributed by atoms with Gasteiger partial charge in [-0.2, -0.15) is 4.31 Å². The Morgan fingerprint density at radius 1 is 0.897 bits per heavy atom. The third-order valence-corrected chi connectivity index (χ3v) is 7.37. The minimum Gasteiger partial charge on any atom is -0.325 e. The highest BCUT2D eigenvalue weighted by molar-refractivity contribution is 7.89. The monoisotopic (exact) mass is 415 g/mol. The molecule has 0 aromatic heterocycles. The predicted molar refractivity (Wildman–Crippen MR) is 116 cm³/mol. The molecule has 0 atom stereocenters. The lowest BCUT2D eigenvalue weighted by molar-refractivity contribution is -0.117. The van der Waals surface area contributed by atoms with Gasteiger partial charge in [0.1, 0.15) is 0 Å². The van der Waals surface area contributed by atoms with Gasteiger partial charge in [0.05, 0.1) is 11.4 Å². The first kappa shape index (κ1) is 21.5. The maximum absolute atomic E-state index is 13.0. The number of hydrogen-bond acceptors (Lipinski definition) is 4. The SMILES string of the molecule is Cc1ccc(S(=O)(=O)N2CCN(CC(=O)Nc3cc(C)ccc3C)CC2)c(C)c1. The summed E-state index contributed by atoms with van der Waals surface area (Å²) in [6.07, 6.45) is 0. The second-order valence-electron chi connectivity index (χ2n) is 7.82. The molecule has 0 bridgehead atoms. The van der Waals surface area contributed by atoms with Crippen LogP contribution in [0.2, 0.25) is 0 Å². The van der Waals surface area contributed by atoms with Crippen LogP contribution in [0.4, 0.5) is 5.69 Å². The van der Waals surface area contributed by atoms with Gasteiger partial charge in [-0.1, -0.05) is 29.8 Å². The van der Waals surface area contributed by atoms with Crippen LogP contribution < -0.4 is 5.32 Å². The molecule has 0 spiro atoms. The molecule has 0 aliphatic carbocycles. The molecule has 0 saturated carbocycles. The molecule has 2 aromatic rings. The fraction of sp³-hybridized carbons (Fsp3) is 0.409. The zero-order valence-electron chi connectivity index (χ0n) is 17.5. The number of sulfonamides is 1. The molecule has 1 amide bonds. The largest absolute Gasteiger partial charge is 0.325 e. The van der Waals surface area contributed by atoms with Crippen molar-refractivity contribution in [1.82, 2.24) is 9.21 Å². The van der Waals surface area contributed by atoms with Gasteiger partial charge in [0, 0.05) is 31.9 Å². The smallest absolute Gasteiger partial charge is 0.243 e. The molecule has 2 aromatic carbocycles. The summed E-state index contributed by atoms with van der Waals surface area (Å²) in [5.41, 5.74) is 4.75. The quantitative estimate of drug-likeness (QED) is 0.815. The van der Waals surface area contributed by atoms with Crippen molar-refractivity contribution in [3.05, 3.63) is 58.7 Å². The number of nitrogens with zero attached hydrogens (tertiary/aromatic N) is 2. The molecule has 1 aliphatic heterocycles. The summed E-state index contributed by atoms with van der Waals surface area (Å²) in [4.78, 5) is 14.8. The van der Waals surface area contributed by atoms with E-state index < -0.39 is 10.0 Å². The highest BCUT2D eigenvalue weighted by atomic mass is 32.2. The number of carbonyl (C=O) groups excluding carboxylic acids is 1. The first-order chi connectivity index (χ1) is 13.7. The highest BCUT2D eigenvalue weighted by Crippen LogP contribution is 2.22. The lowest BCUT2D eigenvalue weighted by Crippen LogP contribution is -2.50. The number of aryl methyl sites for hydroxylation is 4. The second kappa shape index (κ2) is 8.65. The number of nitrogens with one attached hydrogen (secondary N) is 1. The van der Waals surface area contributed by atoms with Crippen molar-refractivity contribution in [1.29, 1.82) is 0 Å². The molecular weight excluding hydrogens is 386 g/mol. The van der Waals surface area contributed by atoms with Crippen molar-refractivity contribution in [3.8, 4) is 0 Å². The predicted octanol–water partition coefficient (Wildman–Crippen LogP) is 2.87. The molecule has 1 fully saturated rings. The number of carbonyl (C=O) groups is 1. The average molecular weight is 416 g/mol. The van der Waals surface area contributed by atoms with Crippen molar-refractivity contribution in [2.24, 2.45) is 0 Å². The summed E-state index contributed by atoms with van der Waals surface area (Å²) in [6.45, 7) is 9.81. The van der Waals surface area contributed by atoms with E-state index in [1.165, 1.54) is 4.31 Å². The topological polar surface area (TPSA) is 69.7 Å². The van der Waals surface area contributed by atoms with Crippen LogP contribution in [0.15, 0.2) is 41.3 Å². The zero-order chi connectivity index (χ0) is 21.2. The fourth-order valence-electron chi connectivity index (χ4n) is 3.62. The molecule has 1 N–H and O–H groups in total. The van der Waals surface area contributed by atoms with E-state index >= 15 is 0 Å². The van der Waals surface area contributed by atoms with Crippen LogP contribution in [-0.4, -0.2) is 56.3 Å². The summed E-state index contributed by atoms with van der Waals surface area (Å²) in [6, 6.07) is 11.4. The van der Waals surface area contributed by atoms with E-state index in [1.807, 2.05) is 62.9 Å². The van der Waals surface area contributed by atoms with Crippen LogP contribution in [-0.2, 0) is 14.8 Å². The molecule has 1 aliphatic rings. The van der Waals surface area contributed by atoms with Gasteiger partial charge in [-0.05, 0) is 56.5 Å². The molecule has 7 heteroatoms. The van der Waals surface area contributed by atoms with Gasteiger partial charge in [0.25, 0.3) is 0 Å². The van der Waals surface area contributed by atoms with Crippen molar-refractivity contribution in [3.63, 3.8) is 0 Å². The molecule has 156 valence electrons. The minimum absolute atomic E-state index is 0.0793. The van der Waals surface area contributed by atoms with Crippen molar-refractivity contribution < 1.29 is 13.2 Å². The Hall–Kier alpha value is -2.22. The third kappa shape index (κ3) is 5.04. The molecule has 1 saturated heterocycles. The third-order valence-electron chi connectivity index (χ3n) is 5.31. The summed E-state index contributed by atoms with van der Waals surface area (Å²) >= 11 is 0. The van der Waals surface area contributed by atoms with Crippen molar-refractivity contribution in [2.75, 3.05) is 38.0 Å². The van der Waals surface area contributed by atoms with Gasteiger partial charge >= 0.3 is 0 Å². The summed E-state index contributed by atoms with van der Waals surface area (Å²) in [5, 5.41) is 2.97. The maximum Gasteiger partial charge on any atom is 0.243 e. The number of anilines is 1. The van der Waals surface area contributed by atoms with Gasteiger partial charge in [-0.25, -0.2) is 8.42 Å². The molecular formula is C22H29N3O3S. The molecule has 3 rings (SSSR count). The Labute approximate surface area is 173 Å². The average Bonchev–Trinajstić information content (AvgIpc) is 2.65.